The first-order valence-electron chi connectivity index (χ1n) is 9.45. The van der Waals surface area contributed by atoms with Gasteiger partial charge in [0.1, 0.15) is 0 Å². The van der Waals surface area contributed by atoms with E-state index in [9.17, 15) is 9.59 Å². The van der Waals surface area contributed by atoms with E-state index in [-0.39, 0.29) is 23.6 Å². The lowest BCUT2D eigenvalue weighted by Gasteiger charge is -2.35. The molecule has 3 heterocycles. The molecule has 6 heteroatoms. The van der Waals surface area contributed by atoms with Crippen LogP contribution in [0.25, 0.3) is 0 Å². The molecular weight excluding hydrogens is 342 g/mol. The molecule has 4 rings (SSSR count). The van der Waals surface area contributed by atoms with Crippen molar-refractivity contribution in [1.82, 2.24) is 14.8 Å². The fourth-order valence-electron chi connectivity index (χ4n) is 4.10. The molecular formula is C21H25N3O3. The molecule has 0 saturated carbocycles. The predicted molar refractivity (Wildman–Crippen MR) is 103 cm³/mol. The molecule has 0 spiro atoms. The van der Waals surface area contributed by atoms with Gasteiger partial charge in [0, 0.05) is 43.5 Å². The smallest absolute Gasteiger partial charge is 0.254 e. The molecule has 2 aromatic rings. The minimum absolute atomic E-state index is 0.0273. The van der Waals surface area contributed by atoms with Crippen LogP contribution in [0.15, 0.2) is 41.3 Å². The fraction of sp³-hybridized carbons (Fsp3) is 0.429. The van der Waals surface area contributed by atoms with Gasteiger partial charge in [0.05, 0.1) is 19.3 Å². The third kappa shape index (κ3) is 3.31. The van der Waals surface area contributed by atoms with Crippen LogP contribution in [-0.4, -0.2) is 54.0 Å². The summed E-state index contributed by atoms with van der Waals surface area (Å²) in [6, 6.07) is 9.80. The summed E-state index contributed by atoms with van der Waals surface area (Å²) >= 11 is 0. The number of nitrogens with zero attached hydrogens (tertiary/aromatic N) is 2. The summed E-state index contributed by atoms with van der Waals surface area (Å²) < 4.78 is 5.44. The van der Waals surface area contributed by atoms with Crippen molar-refractivity contribution in [3.05, 3.63) is 69.1 Å². The maximum absolute atomic E-state index is 13.0. The summed E-state index contributed by atoms with van der Waals surface area (Å²) in [5.74, 6) is -0.0273. The van der Waals surface area contributed by atoms with Crippen LogP contribution in [0, 0.1) is 0 Å². The Morgan fingerprint density at radius 2 is 1.96 bits per heavy atom. The van der Waals surface area contributed by atoms with Gasteiger partial charge in [0.15, 0.2) is 0 Å². The van der Waals surface area contributed by atoms with Gasteiger partial charge in [-0.2, -0.15) is 0 Å². The molecule has 2 atom stereocenters. The second-order valence-electron chi connectivity index (χ2n) is 7.33. The number of carbonyl (C=O) groups is 1. The number of morpholine rings is 1. The largest absolute Gasteiger partial charge is 0.379 e. The van der Waals surface area contributed by atoms with Crippen molar-refractivity contribution in [2.24, 2.45) is 0 Å². The highest BCUT2D eigenvalue weighted by Crippen LogP contribution is 2.33. The van der Waals surface area contributed by atoms with Gasteiger partial charge in [-0.3, -0.25) is 14.5 Å². The molecule has 6 nitrogen and oxygen atoms in total. The van der Waals surface area contributed by atoms with E-state index in [1.54, 1.807) is 30.3 Å². The van der Waals surface area contributed by atoms with Gasteiger partial charge in [0.2, 0.25) is 0 Å². The van der Waals surface area contributed by atoms with E-state index in [0.717, 1.165) is 43.0 Å². The molecule has 1 aromatic carbocycles. The number of amides is 1. The molecule has 1 N–H and O–H groups in total. The van der Waals surface area contributed by atoms with Gasteiger partial charge in [-0.25, -0.2) is 0 Å². The zero-order valence-corrected chi connectivity index (χ0v) is 15.8. The molecule has 0 aliphatic carbocycles. The number of likely N-dealkylation sites (N-methyl/N-ethyl adjacent to an activating group) is 1. The number of aromatic nitrogens is 1. The number of fused-ring (bicyclic) bond motifs is 1. The van der Waals surface area contributed by atoms with Crippen molar-refractivity contribution < 1.29 is 9.53 Å². The molecule has 0 radical (unpaired) electrons. The summed E-state index contributed by atoms with van der Waals surface area (Å²) in [7, 11) is 1.78. The Hall–Kier alpha value is -2.44. The van der Waals surface area contributed by atoms with Crippen LogP contribution in [-0.2, 0) is 11.2 Å². The van der Waals surface area contributed by atoms with Gasteiger partial charge in [-0.15, -0.1) is 0 Å². The normalized spacial score (nSPS) is 21.8. The predicted octanol–water partition coefficient (Wildman–Crippen LogP) is 2.14. The van der Waals surface area contributed by atoms with Crippen LogP contribution < -0.4 is 5.56 Å². The van der Waals surface area contributed by atoms with Crippen molar-refractivity contribution in [1.29, 1.82) is 0 Å². The first kappa shape index (κ1) is 17.9. The third-order valence-electron chi connectivity index (χ3n) is 5.85. The van der Waals surface area contributed by atoms with Crippen molar-refractivity contribution in [3.63, 3.8) is 0 Å². The third-order valence-corrected chi connectivity index (χ3v) is 5.85. The lowest BCUT2D eigenvalue weighted by Crippen LogP contribution is -2.40. The highest BCUT2D eigenvalue weighted by atomic mass is 16.5. The molecule has 142 valence electrons. The Morgan fingerprint density at radius 3 is 2.70 bits per heavy atom. The number of hydrogen-bond acceptors (Lipinski definition) is 4. The molecule has 2 unspecified atom stereocenters. The van der Waals surface area contributed by atoms with Gasteiger partial charge < -0.3 is 14.6 Å². The van der Waals surface area contributed by atoms with E-state index < -0.39 is 0 Å². The lowest BCUT2D eigenvalue weighted by atomic mass is 9.88. The minimum atomic E-state index is -0.238. The number of pyridine rings is 1. The quantitative estimate of drug-likeness (QED) is 0.903. The second kappa shape index (κ2) is 7.29. The molecule has 27 heavy (non-hydrogen) atoms. The van der Waals surface area contributed by atoms with Crippen molar-refractivity contribution in [2.45, 2.75) is 25.4 Å². The summed E-state index contributed by atoms with van der Waals surface area (Å²) in [5.41, 5.74) is 3.39. The van der Waals surface area contributed by atoms with Crippen LogP contribution in [0.3, 0.4) is 0 Å². The zero-order valence-electron chi connectivity index (χ0n) is 15.8. The number of aromatic amines is 1. The number of ether oxygens (including phenoxy) is 1. The minimum Gasteiger partial charge on any atom is -0.379 e. The van der Waals surface area contributed by atoms with Gasteiger partial charge in [-0.1, -0.05) is 12.1 Å². The van der Waals surface area contributed by atoms with Gasteiger partial charge >= 0.3 is 0 Å². The Bertz CT molecular complexity index is 902. The highest BCUT2D eigenvalue weighted by Gasteiger charge is 2.32. The molecule has 1 aromatic heterocycles. The van der Waals surface area contributed by atoms with Crippen LogP contribution in [0.4, 0.5) is 0 Å². The van der Waals surface area contributed by atoms with E-state index in [1.807, 2.05) is 6.07 Å². The summed E-state index contributed by atoms with van der Waals surface area (Å²) in [5, 5.41) is 0. The van der Waals surface area contributed by atoms with Crippen LogP contribution in [0.5, 0.6) is 0 Å². The number of carbonyl (C=O) groups excluding carboxylic acids is 1. The molecule has 1 amide bonds. The van der Waals surface area contributed by atoms with Crippen molar-refractivity contribution >= 4 is 5.91 Å². The summed E-state index contributed by atoms with van der Waals surface area (Å²) in [4.78, 5) is 32.0. The number of rotatable bonds is 3. The Morgan fingerprint density at radius 1 is 1.19 bits per heavy atom. The average molecular weight is 367 g/mol. The van der Waals surface area contributed by atoms with Gasteiger partial charge in [-0.05, 0) is 42.7 Å². The van der Waals surface area contributed by atoms with E-state index in [4.69, 9.17) is 4.74 Å². The molecule has 0 bridgehead atoms. The fourth-order valence-corrected chi connectivity index (χ4v) is 4.10. The van der Waals surface area contributed by atoms with Crippen molar-refractivity contribution in [2.75, 3.05) is 33.4 Å². The van der Waals surface area contributed by atoms with Crippen LogP contribution in [0.1, 0.15) is 46.1 Å². The van der Waals surface area contributed by atoms with E-state index >= 15 is 0 Å². The lowest BCUT2D eigenvalue weighted by molar-refractivity contribution is 0.0198. The van der Waals surface area contributed by atoms with Crippen LogP contribution in [0.2, 0.25) is 0 Å². The summed E-state index contributed by atoms with van der Waals surface area (Å²) in [6.07, 6.45) is 2.26. The van der Waals surface area contributed by atoms with Crippen molar-refractivity contribution in [3.8, 4) is 0 Å². The molecule has 1 saturated heterocycles. The van der Waals surface area contributed by atoms with E-state index in [1.165, 1.54) is 0 Å². The SMILES string of the molecule is CC(c1ccc2c(c1)C(=O)N(C)C(c1ccc[nH]c1=O)C2)N1CCOCC1. The number of H-pyrrole nitrogens is 1. The van der Waals surface area contributed by atoms with E-state index in [2.05, 4.69) is 28.9 Å². The first-order valence-corrected chi connectivity index (χ1v) is 9.45. The standard InChI is InChI=1S/C21H25N3O3/c1-14(24-8-10-27-11-9-24)15-5-6-16-13-19(17-4-3-7-22-20(17)25)23(2)21(26)18(16)12-15/h3-7,12,14,19H,8-11,13H2,1-2H3,(H,22,25). The highest BCUT2D eigenvalue weighted by molar-refractivity contribution is 5.97. The number of benzene rings is 1. The Balaban J connectivity index is 1.64. The maximum atomic E-state index is 13.0. The first-order chi connectivity index (χ1) is 13.1. The zero-order chi connectivity index (χ0) is 19.0. The molecule has 2 aliphatic heterocycles. The number of hydrogen-bond donors (Lipinski definition) is 1. The van der Waals surface area contributed by atoms with E-state index in [0.29, 0.717) is 12.0 Å². The number of nitrogens with one attached hydrogen (secondary N) is 1. The second-order valence-corrected chi connectivity index (χ2v) is 7.33. The molecule has 2 aliphatic rings. The topological polar surface area (TPSA) is 65.6 Å². The maximum Gasteiger partial charge on any atom is 0.254 e. The van der Waals surface area contributed by atoms with Crippen LogP contribution >= 0.6 is 0 Å². The Kier molecular flexibility index (Phi) is 4.85. The molecule has 1 fully saturated rings. The monoisotopic (exact) mass is 367 g/mol. The Labute approximate surface area is 158 Å². The average Bonchev–Trinajstić information content (AvgIpc) is 2.71. The van der Waals surface area contributed by atoms with Gasteiger partial charge in [0.25, 0.3) is 11.5 Å². The summed E-state index contributed by atoms with van der Waals surface area (Å²) in [6.45, 7) is 5.50.